The van der Waals surface area contributed by atoms with E-state index in [1.807, 2.05) is 6.92 Å². The molecule has 0 fully saturated rings. The highest BCUT2D eigenvalue weighted by Gasteiger charge is 2.27. The predicted octanol–water partition coefficient (Wildman–Crippen LogP) is 2.31. The van der Waals surface area contributed by atoms with Crippen molar-refractivity contribution in [3.8, 4) is 0 Å². The van der Waals surface area contributed by atoms with E-state index in [1.54, 1.807) is 25.7 Å². The second kappa shape index (κ2) is 5.85. The zero-order valence-corrected chi connectivity index (χ0v) is 12.4. The van der Waals surface area contributed by atoms with Crippen LogP contribution in [0.25, 0.3) is 0 Å². The molecule has 19 heavy (non-hydrogen) atoms. The van der Waals surface area contributed by atoms with Gasteiger partial charge in [-0.05, 0) is 27.7 Å². The quantitative estimate of drug-likeness (QED) is 0.619. The highest BCUT2D eigenvalue weighted by atomic mass is 32.1. The number of thiophene rings is 1. The van der Waals surface area contributed by atoms with Gasteiger partial charge in [-0.1, -0.05) is 0 Å². The molecule has 1 atom stereocenters. The zero-order chi connectivity index (χ0) is 14.8. The summed E-state index contributed by atoms with van der Waals surface area (Å²) in [6.07, 6.45) is -0.738. The van der Waals surface area contributed by atoms with Gasteiger partial charge >= 0.3 is 5.69 Å². The highest BCUT2D eigenvalue weighted by molar-refractivity contribution is 7.16. The monoisotopic (exact) mass is 288 g/mol. The van der Waals surface area contributed by atoms with Crippen molar-refractivity contribution in [2.45, 2.75) is 39.4 Å². The number of nitrogens with zero attached hydrogens (tertiary/aromatic N) is 2. The van der Waals surface area contributed by atoms with E-state index in [0.29, 0.717) is 23.0 Å². The maximum Gasteiger partial charge on any atom is 0.304 e. The minimum Gasteiger partial charge on any atom is -0.389 e. The molecule has 6 nitrogen and oxygen atoms in total. The van der Waals surface area contributed by atoms with E-state index in [0.717, 1.165) is 0 Å². The Labute approximate surface area is 116 Å². The molecular weight excluding hydrogens is 268 g/mol. The number of hydrogen-bond acceptors (Lipinski definition) is 6. The number of rotatable bonds is 6. The summed E-state index contributed by atoms with van der Waals surface area (Å²) in [4.78, 5) is 12.9. The van der Waals surface area contributed by atoms with Crippen LogP contribution in [0, 0.1) is 10.1 Å². The van der Waals surface area contributed by atoms with Crippen LogP contribution in [-0.4, -0.2) is 33.8 Å². The largest absolute Gasteiger partial charge is 0.389 e. The smallest absolute Gasteiger partial charge is 0.304 e. The Morgan fingerprint density at radius 2 is 2.16 bits per heavy atom. The number of aliphatic hydroxyl groups excluding tert-OH is 1. The fourth-order valence-electron chi connectivity index (χ4n) is 1.75. The van der Waals surface area contributed by atoms with Crippen LogP contribution in [0.15, 0.2) is 6.07 Å². The molecule has 2 N–H and O–H groups in total. The number of nitro groups is 1. The lowest BCUT2D eigenvalue weighted by Gasteiger charge is -2.28. The molecule has 0 aromatic carbocycles. The van der Waals surface area contributed by atoms with Crippen LogP contribution in [0.1, 0.15) is 38.7 Å². The van der Waals surface area contributed by atoms with Crippen molar-refractivity contribution in [3.05, 3.63) is 21.1 Å². The van der Waals surface area contributed by atoms with Crippen LogP contribution in [0.4, 0.5) is 10.7 Å². The third-order valence-electron chi connectivity index (χ3n) is 2.57. The number of likely N-dealkylation sites (N-methyl/N-ethyl adjacent to an activating group) is 1. The van der Waals surface area contributed by atoms with Gasteiger partial charge in [-0.15, -0.1) is 11.3 Å². The van der Waals surface area contributed by atoms with Gasteiger partial charge in [0, 0.05) is 24.0 Å². The lowest BCUT2D eigenvalue weighted by Crippen LogP contribution is -2.38. The topological polar surface area (TPSA) is 86.8 Å². The Kier molecular flexibility index (Phi) is 4.89. The number of aliphatic hydroxyl groups is 2. The molecule has 0 saturated heterocycles. The van der Waals surface area contributed by atoms with Crippen LogP contribution < -0.4 is 4.90 Å². The first kappa shape index (κ1) is 15.9. The molecule has 0 saturated carbocycles. The van der Waals surface area contributed by atoms with Crippen LogP contribution >= 0.6 is 11.3 Å². The van der Waals surface area contributed by atoms with E-state index < -0.39 is 16.6 Å². The van der Waals surface area contributed by atoms with Crippen molar-refractivity contribution in [3.63, 3.8) is 0 Å². The van der Waals surface area contributed by atoms with Crippen LogP contribution in [0.5, 0.6) is 0 Å². The summed E-state index contributed by atoms with van der Waals surface area (Å²) in [7, 11) is 0. The Morgan fingerprint density at radius 3 is 2.53 bits per heavy atom. The van der Waals surface area contributed by atoms with Gasteiger partial charge in [-0.25, -0.2) is 0 Å². The Hall–Kier alpha value is -1.18. The molecule has 108 valence electrons. The van der Waals surface area contributed by atoms with E-state index in [2.05, 4.69) is 0 Å². The van der Waals surface area contributed by atoms with Crippen molar-refractivity contribution in [1.82, 2.24) is 0 Å². The molecule has 0 unspecified atom stereocenters. The predicted molar refractivity (Wildman–Crippen MR) is 75.8 cm³/mol. The molecule has 1 aromatic rings. The molecule has 1 aromatic heterocycles. The second-order valence-corrected chi connectivity index (χ2v) is 6.16. The summed E-state index contributed by atoms with van der Waals surface area (Å²) in [5.41, 5.74) is -0.967. The van der Waals surface area contributed by atoms with Crippen LogP contribution in [0.3, 0.4) is 0 Å². The van der Waals surface area contributed by atoms with Gasteiger partial charge in [0.25, 0.3) is 0 Å². The standard InChI is InChI=1S/C12H20N2O4S/c1-5-13(7-12(3,4)16)11-9(14(17)18)6-10(19-11)8(2)15/h6,8,15-16H,5,7H2,1-4H3/t8-/m1/s1. The van der Waals surface area contributed by atoms with Gasteiger partial charge in [-0.2, -0.15) is 0 Å². The van der Waals surface area contributed by atoms with Crippen LogP contribution in [0.2, 0.25) is 0 Å². The lowest BCUT2D eigenvalue weighted by molar-refractivity contribution is -0.383. The van der Waals surface area contributed by atoms with Gasteiger partial charge in [0.15, 0.2) is 5.00 Å². The molecule has 0 aliphatic heterocycles. The molecule has 0 radical (unpaired) electrons. The third kappa shape index (κ3) is 4.15. The van der Waals surface area contributed by atoms with Gasteiger partial charge in [0.1, 0.15) is 0 Å². The molecule has 1 rings (SSSR count). The van der Waals surface area contributed by atoms with Gasteiger partial charge < -0.3 is 15.1 Å². The molecule has 0 aliphatic carbocycles. The fourth-order valence-corrected chi connectivity index (χ4v) is 2.87. The number of hydrogen-bond donors (Lipinski definition) is 2. The first-order chi connectivity index (χ1) is 8.65. The van der Waals surface area contributed by atoms with Crippen molar-refractivity contribution in [1.29, 1.82) is 0 Å². The minimum atomic E-state index is -0.946. The summed E-state index contributed by atoms with van der Waals surface area (Å²) < 4.78 is 0. The van der Waals surface area contributed by atoms with Gasteiger partial charge in [0.05, 0.1) is 16.6 Å². The summed E-state index contributed by atoms with van der Waals surface area (Å²) in [5, 5.41) is 31.0. The van der Waals surface area contributed by atoms with Gasteiger partial charge in [-0.3, -0.25) is 10.1 Å². The normalized spacial score (nSPS) is 13.4. The molecule has 7 heteroatoms. The van der Waals surface area contributed by atoms with Crippen molar-refractivity contribution >= 4 is 22.0 Å². The van der Waals surface area contributed by atoms with Crippen LogP contribution in [-0.2, 0) is 0 Å². The highest BCUT2D eigenvalue weighted by Crippen LogP contribution is 2.40. The Morgan fingerprint density at radius 1 is 1.58 bits per heavy atom. The average molecular weight is 288 g/mol. The lowest BCUT2D eigenvalue weighted by atomic mass is 10.1. The second-order valence-electron chi connectivity index (χ2n) is 5.10. The summed E-state index contributed by atoms with van der Waals surface area (Å²) in [6, 6.07) is 1.40. The third-order valence-corrected chi connectivity index (χ3v) is 3.92. The van der Waals surface area contributed by atoms with E-state index >= 15 is 0 Å². The molecule has 0 aliphatic rings. The first-order valence-electron chi connectivity index (χ1n) is 6.09. The molecular formula is C12H20N2O4S. The molecule has 0 amide bonds. The number of anilines is 1. The van der Waals surface area contributed by atoms with Crippen molar-refractivity contribution in [2.75, 3.05) is 18.0 Å². The first-order valence-corrected chi connectivity index (χ1v) is 6.91. The van der Waals surface area contributed by atoms with E-state index in [9.17, 15) is 20.3 Å². The molecule has 1 heterocycles. The Bertz CT molecular complexity index is 451. The average Bonchev–Trinajstić information content (AvgIpc) is 2.69. The summed E-state index contributed by atoms with van der Waals surface area (Å²) in [6.45, 7) is 7.60. The van der Waals surface area contributed by atoms with E-state index in [4.69, 9.17) is 0 Å². The molecule has 0 bridgehead atoms. The zero-order valence-electron chi connectivity index (χ0n) is 11.6. The maximum absolute atomic E-state index is 11.1. The minimum absolute atomic E-state index is 0.0213. The Balaban J connectivity index is 3.18. The fraction of sp³-hybridized carbons (Fsp3) is 0.667. The summed E-state index contributed by atoms with van der Waals surface area (Å²) >= 11 is 1.19. The maximum atomic E-state index is 11.1. The molecule has 0 spiro atoms. The van der Waals surface area contributed by atoms with Gasteiger partial charge in [0.2, 0.25) is 0 Å². The van der Waals surface area contributed by atoms with Crippen molar-refractivity contribution < 1.29 is 15.1 Å². The SMILES string of the molecule is CCN(CC(C)(C)O)c1sc([C@@H](C)O)cc1[N+](=O)[O-]. The van der Waals surface area contributed by atoms with Crippen molar-refractivity contribution in [2.24, 2.45) is 0 Å². The van der Waals surface area contributed by atoms with E-state index in [1.165, 1.54) is 17.4 Å². The van der Waals surface area contributed by atoms with E-state index in [-0.39, 0.29) is 5.69 Å². The summed E-state index contributed by atoms with van der Waals surface area (Å²) in [5.74, 6) is 0.